The maximum atomic E-state index is 13.9. The van der Waals surface area contributed by atoms with Gasteiger partial charge in [0.25, 0.3) is 0 Å². The second kappa shape index (κ2) is 9.01. The van der Waals surface area contributed by atoms with E-state index in [0.717, 1.165) is 24.7 Å². The van der Waals surface area contributed by atoms with Crippen molar-refractivity contribution in [2.45, 2.75) is 65.2 Å². The van der Waals surface area contributed by atoms with Crippen molar-refractivity contribution in [2.75, 3.05) is 6.61 Å². The minimum absolute atomic E-state index is 0.0432. The quantitative estimate of drug-likeness (QED) is 0.521. The molecule has 0 bridgehead atoms. The number of benzene rings is 1. The summed E-state index contributed by atoms with van der Waals surface area (Å²) in [5.74, 6) is 1.20. The van der Waals surface area contributed by atoms with Crippen molar-refractivity contribution < 1.29 is 13.5 Å². The molecular weight excluding hydrogens is 330 g/mol. The van der Waals surface area contributed by atoms with Crippen LogP contribution in [0.25, 0.3) is 0 Å². The Labute approximate surface area is 156 Å². The molecule has 0 aliphatic heterocycles. The summed E-state index contributed by atoms with van der Waals surface area (Å²) in [6.07, 6.45) is 14.9. The van der Waals surface area contributed by atoms with Gasteiger partial charge in [-0.25, -0.2) is 4.39 Å². The summed E-state index contributed by atoms with van der Waals surface area (Å²) in [4.78, 5) is 0. The van der Waals surface area contributed by atoms with E-state index in [2.05, 4.69) is 19.1 Å². The molecule has 1 nitrogen and oxygen atoms in total. The van der Waals surface area contributed by atoms with Crippen LogP contribution in [0.4, 0.5) is 8.78 Å². The highest BCUT2D eigenvalue weighted by atomic mass is 19.2. The standard InChI is InChI=1S/C23H32F2O/c1-16-3-6-18(7-4-16)8-9-19-10-12-20(13-11-19)15-26-21-14-5-17(2)22(24)23(21)25/h5,8-9,14,16,18-20H,3-4,6-7,10-13,15H2,1-2H3/b9-8+. The van der Waals surface area contributed by atoms with Gasteiger partial charge in [-0.1, -0.05) is 38.0 Å². The molecule has 1 aromatic carbocycles. The summed E-state index contributed by atoms with van der Waals surface area (Å²) in [6.45, 7) is 4.40. The Kier molecular flexibility index (Phi) is 6.72. The Morgan fingerprint density at radius 2 is 1.46 bits per heavy atom. The fraction of sp³-hybridized carbons (Fsp3) is 0.652. The normalized spacial score (nSPS) is 29.8. The molecule has 0 atom stereocenters. The van der Waals surface area contributed by atoms with Crippen LogP contribution in [0.15, 0.2) is 24.3 Å². The third-order valence-electron chi connectivity index (χ3n) is 6.32. The molecule has 3 rings (SSSR count). The van der Waals surface area contributed by atoms with Crippen molar-refractivity contribution in [2.24, 2.45) is 23.7 Å². The zero-order chi connectivity index (χ0) is 18.5. The monoisotopic (exact) mass is 362 g/mol. The molecule has 0 heterocycles. The summed E-state index contributed by atoms with van der Waals surface area (Å²) in [6, 6.07) is 3.11. The lowest BCUT2D eigenvalue weighted by atomic mass is 9.79. The van der Waals surface area contributed by atoms with Gasteiger partial charge in [-0.2, -0.15) is 4.39 Å². The molecule has 1 aromatic rings. The second-order valence-electron chi connectivity index (χ2n) is 8.51. The number of hydrogen-bond acceptors (Lipinski definition) is 1. The first-order valence-electron chi connectivity index (χ1n) is 10.3. The van der Waals surface area contributed by atoms with E-state index in [4.69, 9.17) is 4.74 Å². The molecule has 0 N–H and O–H groups in total. The molecule has 2 saturated carbocycles. The lowest BCUT2D eigenvalue weighted by Gasteiger charge is -2.28. The first-order valence-corrected chi connectivity index (χ1v) is 10.3. The third-order valence-corrected chi connectivity index (χ3v) is 6.32. The highest BCUT2D eigenvalue weighted by Crippen LogP contribution is 2.33. The zero-order valence-corrected chi connectivity index (χ0v) is 16.1. The van der Waals surface area contributed by atoms with Crippen molar-refractivity contribution in [1.29, 1.82) is 0 Å². The molecule has 2 aliphatic carbocycles. The topological polar surface area (TPSA) is 9.23 Å². The maximum Gasteiger partial charge on any atom is 0.200 e. The fourth-order valence-electron chi connectivity index (χ4n) is 4.29. The molecular formula is C23H32F2O. The van der Waals surface area contributed by atoms with Crippen LogP contribution in [-0.4, -0.2) is 6.61 Å². The molecule has 2 aliphatic rings. The van der Waals surface area contributed by atoms with E-state index in [1.54, 1.807) is 13.0 Å². The maximum absolute atomic E-state index is 13.9. The average Bonchev–Trinajstić information content (AvgIpc) is 2.66. The van der Waals surface area contributed by atoms with Gasteiger partial charge in [-0.3, -0.25) is 0 Å². The fourth-order valence-corrected chi connectivity index (χ4v) is 4.29. The third kappa shape index (κ3) is 5.08. The molecule has 2 fully saturated rings. The van der Waals surface area contributed by atoms with E-state index in [0.29, 0.717) is 24.0 Å². The largest absolute Gasteiger partial charge is 0.490 e. The van der Waals surface area contributed by atoms with Gasteiger partial charge in [0.05, 0.1) is 6.61 Å². The molecule has 0 radical (unpaired) electrons. The Hall–Kier alpha value is -1.38. The molecule has 26 heavy (non-hydrogen) atoms. The molecule has 0 aromatic heterocycles. The van der Waals surface area contributed by atoms with E-state index < -0.39 is 11.6 Å². The Bertz CT molecular complexity index is 609. The summed E-state index contributed by atoms with van der Waals surface area (Å²) in [5.41, 5.74) is 0.314. The zero-order valence-electron chi connectivity index (χ0n) is 16.1. The van der Waals surface area contributed by atoms with Crippen molar-refractivity contribution in [3.05, 3.63) is 41.5 Å². The van der Waals surface area contributed by atoms with Gasteiger partial charge >= 0.3 is 0 Å². The van der Waals surface area contributed by atoms with Gasteiger partial charge in [0.2, 0.25) is 5.82 Å². The molecule has 0 unspecified atom stereocenters. The molecule has 3 heteroatoms. The first kappa shape index (κ1) is 19.4. The number of ether oxygens (including phenoxy) is 1. The average molecular weight is 363 g/mol. The van der Waals surface area contributed by atoms with Gasteiger partial charge in [0.15, 0.2) is 11.6 Å². The van der Waals surface area contributed by atoms with E-state index in [-0.39, 0.29) is 5.75 Å². The molecule has 0 amide bonds. The predicted octanol–water partition coefficient (Wildman–Crippen LogP) is 6.84. The number of hydrogen-bond donors (Lipinski definition) is 0. The van der Waals surface area contributed by atoms with Crippen LogP contribution in [0.5, 0.6) is 5.75 Å². The number of aryl methyl sites for hydroxylation is 1. The van der Waals surface area contributed by atoms with Gasteiger partial charge in [-0.15, -0.1) is 0 Å². The van der Waals surface area contributed by atoms with Crippen LogP contribution in [0.3, 0.4) is 0 Å². The Morgan fingerprint density at radius 3 is 2.08 bits per heavy atom. The lowest BCUT2D eigenvalue weighted by molar-refractivity contribution is 0.187. The van der Waals surface area contributed by atoms with E-state index >= 15 is 0 Å². The van der Waals surface area contributed by atoms with Crippen molar-refractivity contribution in [3.63, 3.8) is 0 Å². The highest BCUT2D eigenvalue weighted by molar-refractivity contribution is 5.30. The van der Waals surface area contributed by atoms with Crippen LogP contribution >= 0.6 is 0 Å². The van der Waals surface area contributed by atoms with Gasteiger partial charge in [-0.05, 0) is 80.8 Å². The summed E-state index contributed by atoms with van der Waals surface area (Å²) in [7, 11) is 0. The van der Waals surface area contributed by atoms with Crippen molar-refractivity contribution in [3.8, 4) is 5.75 Å². The number of rotatable bonds is 5. The van der Waals surface area contributed by atoms with E-state index in [1.807, 2.05) is 0 Å². The smallest absolute Gasteiger partial charge is 0.200 e. The number of halogens is 2. The molecule has 144 valence electrons. The van der Waals surface area contributed by atoms with Gasteiger partial charge in [0.1, 0.15) is 0 Å². The van der Waals surface area contributed by atoms with Crippen molar-refractivity contribution >= 4 is 0 Å². The summed E-state index contributed by atoms with van der Waals surface area (Å²) in [5, 5.41) is 0. The first-order chi connectivity index (χ1) is 12.5. The minimum Gasteiger partial charge on any atom is -0.490 e. The Balaban J connectivity index is 1.41. The predicted molar refractivity (Wildman–Crippen MR) is 102 cm³/mol. The van der Waals surface area contributed by atoms with Crippen LogP contribution in [0, 0.1) is 42.2 Å². The van der Waals surface area contributed by atoms with E-state index in [1.165, 1.54) is 44.6 Å². The molecule has 0 spiro atoms. The lowest BCUT2D eigenvalue weighted by Crippen LogP contribution is -2.20. The van der Waals surface area contributed by atoms with Crippen LogP contribution in [-0.2, 0) is 0 Å². The second-order valence-corrected chi connectivity index (χ2v) is 8.51. The van der Waals surface area contributed by atoms with Gasteiger partial charge in [0, 0.05) is 0 Å². The van der Waals surface area contributed by atoms with Crippen LogP contribution in [0.2, 0.25) is 0 Å². The van der Waals surface area contributed by atoms with Crippen molar-refractivity contribution in [1.82, 2.24) is 0 Å². The Morgan fingerprint density at radius 1 is 0.885 bits per heavy atom. The minimum atomic E-state index is -0.858. The SMILES string of the molecule is Cc1ccc(OCC2CCC(/C=C/C3CCC(C)CC3)CC2)c(F)c1F. The van der Waals surface area contributed by atoms with Crippen LogP contribution in [0.1, 0.15) is 63.9 Å². The summed E-state index contributed by atoms with van der Waals surface area (Å²) < 4.78 is 33.1. The summed E-state index contributed by atoms with van der Waals surface area (Å²) >= 11 is 0. The van der Waals surface area contributed by atoms with Gasteiger partial charge < -0.3 is 4.74 Å². The van der Waals surface area contributed by atoms with E-state index in [9.17, 15) is 8.78 Å². The molecule has 0 saturated heterocycles. The van der Waals surface area contributed by atoms with Crippen LogP contribution < -0.4 is 4.74 Å². The number of allylic oxidation sites excluding steroid dienone is 2. The highest BCUT2D eigenvalue weighted by Gasteiger charge is 2.22.